The van der Waals surface area contributed by atoms with Gasteiger partial charge in [0.25, 0.3) is 11.1 Å². The third kappa shape index (κ3) is 4.92. The standard InChI is InChI=1S/C13H16N4O4S/c1-20-11(19)5-3-7-15-10(18)8-22-13-17-16-12(21-13)9-4-2-6-14-9/h2,4,6,14H,3,5,7-8H2,1H3,(H,15,18). The highest BCUT2D eigenvalue weighted by atomic mass is 32.2. The molecule has 2 aromatic heterocycles. The minimum absolute atomic E-state index is 0.158. The molecule has 2 heterocycles. The molecule has 0 saturated heterocycles. The number of hydrogen-bond donors (Lipinski definition) is 2. The van der Waals surface area contributed by atoms with Gasteiger partial charge in [0.2, 0.25) is 5.91 Å². The van der Waals surface area contributed by atoms with Gasteiger partial charge < -0.3 is 19.5 Å². The van der Waals surface area contributed by atoms with E-state index >= 15 is 0 Å². The third-order valence-electron chi connectivity index (χ3n) is 2.67. The lowest BCUT2D eigenvalue weighted by molar-refractivity contribution is -0.140. The molecule has 0 fully saturated rings. The molecule has 0 saturated carbocycles. The summed E-state index contributed by atoms with van der Waals surface area (Å²) in [5.74, 6) is 0.108. The quantitative estimate of drug-likeness (QED) is 0.427. The van der Waals surface area contributed by atoms with Crippen molar-refractivity contribution in [2.45, 2.75) is 18.1 Å². The lowest BCUT2D eigenvalue weighted by atomic mass is 10.3. The molecule has 118 valence electrons. The van der Waals surface area contributed by atoms with Crippen molar-refractivity contribution in [3.05, 3.63) is 18.3 Å². The van der Waals surface area contributed by atoms with E-state index in [9.17, 15) is 9.59 Å². The Labute approximate surface area is 131 Å². The maximum Gasteiger partial charge on any atom is 0.305 e. The van der Waals surface area contributed by atoms with Crippen LogP contribution in [0.1, 0.15) is 12.8 Å². The van der Waals surface area contributed by atoms with Gasteiger partial charge in [-0.3, -0.25) is 9.59 Å². The zero-order chi connectivity index (χ0) is 15.8. The molecular weight excluding hydrogens is 308 g/mol. The Morgan fingerprint density at radius 3 is 3.05 bits per heavy atom. The van der Waals surface area contributed by atoms with Gasteiger partial charge in [0.05, 0.1) is 12.9 Å². The molecule has 8 nitrogen and oxygen atoms in total. The van der Waals surface area contributed by atoms with Gasteiger partial charge in [-0.05, 0) is 18.6 Å². The van der Waals surface area contributed by atoms with Crippen LogP contribution in [0.2, 0.25) is 0 Å². The van der Waals surface area contributed by atoms with Crippen molar-refractivity contribution in [2.24, 2.45) is 0 Å². The normalized spacial score (nSPS) is 10.4. The van der Waals surface area contributed by atoms with Crippen LogP contribution in [0.3, 0.4) is 0 Å². The number of thioether (sulfide) groups is 1. The topological polar surface area (TPSA) is 110 Å². The number of H-pyrrole nitrogens is 1. The number of methoxy groups -OCH3 is 1. The highest BCUT2D eigenvalue weighted by Crippen LogP contribution is 2.21. The van der Waals surface area contributed by atoms with Crippen molar-refractivity contribution in [3.63, 3.8) is 0 Å². The summed E-state index contributed by atoms with van der Waals surface area (Å²) in [7, 11) is 1.34. The number of ether oxygens (including phenoxy) is 1. The van der Waals surface area contributed by atoms with E-state index in [-0.39, 0.29) is 24.1 Å². The number of carbonyl (C=O) groups excluding carboxylic acids is 2. The molecule has 0 spiro atoms. The second-order valence-electron chi connectivity index (χ2n) is 4.28. The van der Waals surface area contributed by atoms with Crippen molar-refractivity contribution < 1.29 is 18.7 Å². The summed E-state index contributed by atoms with van der Waals surface area (Å²) in [5.41, 5.74) is 0.728. The van der Waals surface area contributed by atoms with Gasteiger partial charge >= 0.3 is 5.97 Å². The van der Waals surface area contributed by atoms with E-state index in [0.717, 1.165) is 17.5 Å². The largest absolute Gasteiger partial charge is 0.469 e. The Morgan fingerprint density at radius 1 is 1.45 bits per heavy atom. The summed E-state index contributed by atoms with van der Waals surface area (Å²) in [6.45, 7) is 0.423. The first kappa shape index (κ1) is 16.1. The fourth-order valence-electron chi connectivity index (χ4n) is 1.58. The lowest BCUT2D eigenvalue weighted by Gasteiger charge is -2.03. The van der Waals surface area contributed by atoms with E-state index in [1.54, 1.807) is 6.20 Å². The molecule has 0 aliphatic carbocycles. The minimum Gasteiger partial charge on any atom is -0.469 e. The second kappa shape index (κ2) is 8.23. The number of amides is 1. The van der Waals surface area contributed by atoms with Crippen molar-refractivity contribution in [1.82, 2.24) is 20.5 Å². The summed E-state index contributed by atoms with van der Waals surface area (Å²) in [4.78, 5) is 25.5. The van der Waals surface area contributed by atoms with Gasteiger partial charge in [0, 0.05) is 19.2 Å². The third-order valence-corrected chi connectivity index (χ3v) is 3.49. The number of carbonyl (C=O) groups is 2. The molecule has 0 bridgehead atoms. The lowest BCUT2D eigenvalue weighted by Crippen LogP contribution is -2.26. The van der Waals surface area contributed by atoms with Crippen LogP contribution in [-0.4, -0.2) is 46.5 Å². The predicted molar refractivity (Wildman–Crippen MR) is 79.1 cm³/mol. The van der Waals surface area contributed by atoms with Crippen LogP contribution in [0, 0.1) is 0 Å². The Kier molecular flexibility index (Phi) is 6.01. The summed E-state index contributed by atoms with van der Waals surface area (Å²) in [6, 6.07) is 3.64. The molecule has 22 heavy (non-hydrogen) atoms. The highest BCUT2D eigenvalue weighted by Gasteiger charge is 2.11. The number of esters is 1. The Hall–Kier alpha value is -2.29. The molecule has 0 aromatic carbocycles. The summed E-state index contributed by atoms with van der Waals surface area (Å²) in [5, 5.41) is 10.8. The average molecular weight is 324 g/mol. The minimum atomic E-state index is -0.286. The molecule has 9 heteroatoms. The van der Waals surface area contributed by atoms with Crippen molar-refractivity contribution >= 4 is 23.6 Å². The van der Waals surface area contributed by atoms with E-state index in [2.05, 4.69) is 25.2 Å². The highest BCUT2D eigenvalue weighted by molar-refractivity contribution is 7.99. The van der Waals surface area contributed by atoms with E-state index in [0.29, 0.717) is 24.1 Å². The molecule has 0 atom stereocenters. The van der Waals surface area contributed by atoms with Gasteiger partial charge in [-0.2, -0.15) is 0 Å². The first-order valence-corrected chi connectivity index (χ1v) is 7.61. The van der Waals surface area contributed by atoms with E-state index < -0.39 is 0 Å². The molecular formula is C13H16N4O4S. The molecule has 2 N–H and O–H groups in total. The number of aromatic nitrogens is 3. The number of aromatic amines is 1. The smallest absolute Gasteiger partial charge is 0.305 e. The number of nitrogens with one attached hydrogen (secondary N) is 2. The SMILES string of the molecule is COC(=O)CCCNC(=O)CSc1nnc(-c2ccc[nH]2)o1. The number of rotatable bonds is 8. The van der Waals surface area contributed by atoms with Gasteiger partial charge in [0.15, 0.2) is 0 Å². The van der Waals surface area contributed by atoms with Crippen LogP contribution >= 0.6 is 11.8 Å². The van der Waals surface area contributed by atoms with E-state index in [1.807, 2.05) is 12.1 Å². The monoisotopic (exact) mass is 324 g/mol. The van der Waals surface area contributed by atoms with Crippen LogP contribution in [0.15, 0.2) is 28.0 Å². The summed E-state index contributed by atoms with van der Waals surface area (Å²) in [6.07, 6.45) is 2.59. The predicted octanol–water partition coefficient (Wildman–Crippen LogP) is 1.23. The average Bonchev–Trinajstić information content (AvgIpc) is 3.19. The maximum atomic E-state index is 11.6. The van der Waals surface area contributed by atoms with Crippen LogP contribution in [0.5, 0.6) is 0 Å². The van der Waals surface area contributed by atoms with E-state index in [1.165, 1.54) is 7.11 Å². The molecule has 0 unspecified atom stereocenters. The summed E-state index contributed by atoms with van der Waals surface area (Å²) >= 11 is 1.16. The van der Waals surface area contributed by atoms with Crippen LogP contribution in [0.4, 0.5) is 0 Å². The summed E-state index contributed by atoms with van der Waals surface area (Å²) < 4.78 is 9.93. The van der Waals surface area contributed by atoms with Crippen LogP contribution in [-0.2, 0) is 14.3 Å². The molecule has 0 aliphatic heterocycles. The Balaban J connectivity index is 1.67. The Morgan fingerprint density at radius 2 is 2.32 bits per heavy atom. The van der Waals surface area contributed by atoms with Crippen molar-refractivity contribution in [3.8, 4) is 11.6 Å². The zero-order valence-electron chi connectivity index (χ0n) is 12.0. The molecule has 0 aliphatic rings. The maximum absolute atomic E-state index is 11.6. The van der Waals surface area contributed by atoms with E-state index in [4.69, 9.17) is 4.42 Å². The first-order chi connectivity index (χ1) is 10.7. The molecule has 1 amide bonds. The van der Waals surface area contributed by atoms with Gasteiger partial charge in [-0.15, -0.1) is 10.2 Å². The molecule has 0 radical (unpaired) electrons. The van der Waals surface area contributed by atoms with Gasteiger partial charge in [-0.25, -0.2) is 0 Å². The fraction of sp³-hybridized carbons (Fsp3) is 0.385. The first-order valence-electron chi connectivity index (χ1n) is 6.62. The van der Waals surface area contributed by atoms with Crippen LogP contribution in [0.25, 0.3) is 11.6 Å². The van der Waals surface area contributed by atoms with Crippen molar-refractivity contribution in [2.75, 3.05) is 19.4 Å². The second-order valence-corrected chi connectivity index (χ2v) is 5.20. The Bertz CT molecular complexity index is 611. The van der Waals surface area contributed by atoms with Gasteiger partial charge in [0.1, 0.15) is 5.69 Å². The fourth-order valence-corrected chi connectivity index (χ4v) is 2.17. The number of nitrogens with zero attached hydrogens (tertiary/aromatic N) is 2. The number of hydrogen-bond acceptors (Lipinski definition) is 7. The van der Waals surface area contributed by atoms with Crippen molar-refractivity contribution in [1.29, 1.82) is 0 Å². The molecule has 2 aromatic rings. The zero-order valence-corrected chi connectivity index (χ0v) is 12.8. The van der Waals surface area contributed by atoms with Gasteiger partial charge in [-0.1, -0.05) is 11.8 Å². The van der Waals surface area contributed by atoms with Crippen LogP contribution < -0.4 is 5.32 Å². The molecule has 2 rings (SSSR count).